The maximum Gasteiger partial charge on any atom is 0.422 e. The van der Waals surface area contributed by atoms with Gasteiger partial charge in [-0.2, -0.15) is 13.2 Å². The monoisotopic (exact) mass is 334 g/mol. The number of carbonyl (C=O) groups excluding carboxylic acids is 2. The SMILES string of the molecule is CN(Cc1ccco1)C(=O)C1CCCN1C(=O)OCC(F)(F)F. The Bertz CT molecular complexity index is 545. The van der Waals surface area contributed by atoms with E-state index in [0.29, 0.717) is 18.6 Å². The average molecular weight is 334 g/mol. The van der Waals surface area contributed by atoms with E-state index in [1.165, 1.54) is 11.2 Å². The lowest BCUT2D eigenvalue weighted by atomic mass is 10.2. The van der Waals surface area contributed by atoms with Gasteiger partial charge in [0.05, 0.1) is 12.8 Å². The summed E-state index contributed by atoms with van der Waals surface area (Å²) in [4.78, 5) is 26.6. The van der Waals surface area contributed by atoms with Gasteiger partial charge in [-0.15, -0.1) is 0 Å². The van der Waals surface area contributed by atoms with Crippen molar-refractivity contribution in [3.8, 4) is 0 Å². The molecule has 1 aromatic heterocycles. The van der Waals surface area contributed by atoms with Crippen molar-refractivity contribution < 1.29 is 31.9 Å². The predicted octanol–water partition coefficient (Wildman–Crippen LogP) is 2.40. The van der Waals surface area contributed by atoms with E-state index in [2.05, 4.69) is 4.74 Å². The van der Waals surface area contributed by atoms with Gasteiger partial charge in [-0.3, -0.25) is 9.69 Å². The molecule has 23 heavy (non-hydrogen) atoms. The molecule has 1 fully saturated rings. The van der Waals surface area contributed by atoms with Crippen LogP contribution < -0.4 is 0 Å². The summed E-state index contributed by atoms with van der Waals surface area (Å²) in [6.07, 6.45) is -3.31. The van der Waals surface area contributed by atoms with Crippen LogP contribution in [0.5, 0.6) is 0 Å². The lowest BCUT2D eigenvalue weighted by Crippen LogP contribution is -2.47. The minimum atomic E-state index is -4.59. The number of ether oxygens (including phenoxy) is 1. The highest BCUT2D eigenvalue weighted by Gasteiger charge is 2.38. The Kier molecular flexibility index (Phi) is 5.17. The summed E-state index contributed by atoms with van der Waals surface area (Å²) >= 11 is 0. The average Bonchev–Trinajstić information content (AvgIpc) is 3.14. The van der Waals surface area contributed by atoms with Crippen molar-refractivity contribution in [1.82, 2.24) is 9.80 Å². The molecule has 0 saturated carbocycles. The molecule has 1 aromatic rings. The van der Waals surface area contributed by atoms with Gasteiger partial charge in [-0.1, -0.05) is 0 Å². The van der Waals surface area contributed by atoms with Gasteiger partial charge < -0.3 is 14.1 Å². The molecule has 1 saturated heterocycles. The summed E-state index contributed by atoms with van der Waals surface area (Å²) in [7, 11) is 1.54. The Labute approximate surface area is 130 Å². The van der Waals surface area contributed by atoms with Gasteiger partial charge >= 0.3 is 12.3 Å². The van der Waals surface area contributed by atoms with Crippen molar-refractivity contribution in [3.05, 3.63) is 24.2 Å². The minimum Gasteiger partial charge on any atom is -0.467 e. The zero-order valence-corrected chi connectivity index (χ0v) is 12.5. The fourth-order valence-electron chi connectivity index (χ4n) is 2.44. The molecule has 0 N–H and O–H groups in total. The van der Waals surface area contributed by atoms with Crippen molar-refractivity contribution in [2.45, 2.75) is 31.6 Å². The predicted molar refractivity (Wildman–Crippen MR) is 72.3 cm³/mol. The van der Waals surface area contributed by atoms with Gasteiger partial charge in [0.25, 0.3) is 0 Å². The van der Waals surface area contributed by atoms with Gasteiger partial charge in [0.2, 0.25) is 5.91 Å². The number of carbonyl (C=O) groups is 2. The summed E-state index contributed by atoms with van der Waals surface area (Å²) in [5, 5.41) is 0. The highest BCUT2D eigenvalue weighted by Crippen LogP contribution is 2.22. The molecule has 2 rings (SSSR count). The van der Waals surface area contributed by atoms with Crippen molar-refractivity contribution in [1.29, 1.82) is 0 Å². The number of furan rings is 1. The minimum absolute atomic E-state index is 0.196. The van der Waals surface area contributed by atoms with Crippen LogP contribution in [0.2, 0.25) is 0 Å². The van der Waals surface area contributed by atoms with E-state index in [1.807, 2.05) is 0 Å². The molecule has 2 heterocycles. The number of likely N-dealkylation sites (tertiary alicyclic amines) is 1. The number of hydrogen-bond donors (Lipinski definition) is 0. The standard InChI is InChI=1S/C14H17F3N2O4/c1-18(8-10-4-3-7-22-10)12(20)11-5-2-6-19(11)13(21)23-9-14(15,16)17/h3-4,7,11H,2,5-6,8-9H2,1H3. The Hall–Kier alpha value is -2.19. The Balaban J connectivity index is 1.94. The zero-order chi connectivity index (χ0) is 17.0. The van der Waals surface area contributed by atoms with Crippen molar-refractivity contribution in [3.63, 3.8) is 0 Å². The van der Waals surface area contributed by atoms with Gasteiger partial charge in [0, 0.05) is 13.6 Å². The number of halogens is 3. The molecule has 9 heteroatoms. The largest absolute Gasteiger partial charge is 0.467 e. The van der Waals surface area contributed by atoms with E-state index in [9.17, 15) is 22.8 Å². The highest BCUT2D eigenvalue weighted by atomic mass is 19.4. The smallest absolute Gasteiger partial charge is 0.422 e. The van der Waals surface area contributed by atoms with Crippen LogP contribution in [0.4, 0.5) is 18.0 Å². The summed E-state index contributed by atoms with van der Waals surface area (Å²) < 4.78 is 45.7. The first kappa shape index (κ1) is 17.2. The molecule has 1 aliphatic heterocycles. The van der Waals surface area contributed by atoms with E-state index < -0.39 is 24.9 Å². The molecular weight excluding hydrogens is 317 g/mol. The lowest BCUT2D eigenvalue weighted by Gasteiger charge is -2.27. The maximum atomic E-state index is 12.4. The number of likely N-dealkylation sites (N-methyl/N-ethyl adjacent to an activating group) is 1. The fourth-order valence-corrected chi connectivity index (χ4v) is 2.44. The number of hydrogen-bond acceptors (Lipinski definition) is 4. The summed E-state index contributed by atoms with van der Waals surface area (Å²) in [5.41, 5.74) is 0. The van der Waals surface area contributed by atoms with Crippen LogP contribution >= 0.6 is 0 Å². The third kappa shape index (κ3) is 4.64. The molecule has 0 aromatic carbocycles. The number of amides is 2. The highest BCUT2D eigenvalue weighted by molar-refractivity contribution is 5.86. The normalized spacial score (nSPS) is 18.1. The van der Waals surface area contributed by atoms with Gasteiger partial charge in [0.15, 0.2) is 6.61 Å². The first-order valence-corrected chi connectivity index (χ1v) is 7.05. The van der Waals surface area contributed by atoms with Gasteiger partial charge in [0.1, 0.15) is 11.8 Å². The molecule has 2 amide bonds. The first-order valence-electron chi connectivity index (χ1n) is 7.05. The zero-order valence-electron chi connectivity index (χ0n) is 12.5. The van der Waals surface area contributed by atoms with Gasteiger partial charge in [-0.25, -0.2) is 4.79 Å². The third-order valence-corrected chi connectivity index (χ3v) is 3.48. The van der Waals surface area contributed by atoms with Crippen LogP contribution in [0.3, 0.4) is 0 Å². The maximum absolute atomic E-state index is 12.4. The summed E-state index contributed by atoms with van der Waals surface area (Å²) in [5.74, 6) is 0.216. The van der Waals surface area contributed by atoms with E-state index in [4.69, 9.17) is 4.42 Å². The molecule has 0 spiro atoms. The second-order valence-corrected chi connectivity index (χ2v) is 5.29. The Morgan fingerprint density at radius 2 is 2.22 bits per heavy atom. The van der Waals surface area contributed by atoms with Crippen LogP contribution in [0.15, 0.2) is 22.8 Å². The molecule has 0 radical (unpaired) electrons. The second kappa shape index (κ2) is 6.93. The van der Waals surface area contributed by atoms with E-state index in [-0.39, 0.29) is 19.0 Å². The van der Waals surface area contributed by atoms with Crippen LogP contribution in [0.1, 0.15) is 18.6 Å². The van der Waals surface area contributed by atoms with Gasteiger partial charge in [-0.05, 0) is 25.0 Å². The van der Waals surface area contributed by atoms with Crippen molar-refractivity contribution in [2.24, 2.45) is 0 Å². The molecule has 1 unspecified atom stereocenters. The molecule has 6 nitrogen and oxygen atoms in total. The van der Waals surface area contributed by atoms with Crippen molar-refractivity contribution in [2.75, 3.05) is 20.2 Å². The Morgan fingerprint density at radius 1 is 1.48 bits per heavy atom. The van der Waals surface area contributed by atoms with Crippen LogP contribution in [0, 0.1) is 0 Å². The molecule has 1 aliphatic rings. The van der Waals surface area contributed by atoms with E-state index >= 15 is 0 Å². The molecule has 1 atom stereocenters. The van der Waals surface area contributed by atoms with Crippen LogP contribution in [-0.4, -0.2) is 54.2 Å². The molecule has 128 valence electrons. The molecule has 0 aliphatic carbocycles. The van der Waals surface area contributed by atoms with E-state index in [0.717, 1.165) is 4.90 Å². The number of alkyl halides is 3. The third-order valence-electron chi connectivity index (χ3n) is 3.48. The van der Waals surface area contributed by atoms with Crippen LogP contribution in [0.25, 0.3) is 0 Å². The quantitative estimate of drug-likeness (QED) is 0.848. The second-order valence-electron chi connectivity index (χ2n) is 5.29. The van der Waals surface area contributed by atoms with Crippen molar-refractivity contribution >= 4 is 12.0 Å². The topological polar surface area (TPSA) is 63.0 Å². The van der Waals surface area contributed by atoms with Crippen LogP contribution in [-0.2, 0) is 16.1 Å². The first-order chi connectivity index (χ1) is 10.8. The number of nitrogens with zero attached hydrogens (tertiary/aromatic N) is 2. The molecule has 0 bridgehead atoms. The Morgan fingerprint density at radius 3 is 2.83 bits per heavy atom. The fraction of sp³-hybridized carbons (Fsp3) is 0.571. The lowest BCUT2D eigenvalue weighted by molar-refractivity contribution is -0.163. The van der Waals surface area contributed by atoms with E-state index in [1.54, 1.807) is 19.2 Å². The number of rotatable bonds is 4. The molecular formula is C14H17F3N2O4. The summed E-state index contributed by atoms with van der Waals surface area (Å²) in [6.45, 7) is -1.25. The summed E-state index contributed by atoms with van der Waals surface area (Å²) in [6, 6.07) is 2.58.